The summed E-state index contributed by atoms with van der Waals surface area (Å²) in [5.74, 6) is 0. The smallest absolute Gasteiger partial charge is 0.0644 e. The molecular weight excluding hydrogens is 212 g/mol. The molecule has 2 heteroatoms. The highest BCUT2D eigenvalue weighted by atomic mass is 16.3. The Labute approximate surface area is 104 Å². The van der Waals surface area contributed by atoms with Crippen molar-refractivity contribution >= 4 is 0 Å². The highest BCUT2D eigenvalue weighted by molar-refractivity contribution is 5.30. The second kappa shape index (κ2) is 4.25. The Morgan fingerprint density at radius 1 is 1.24 bits per heavy atom. The van der Waals surface area contributed by atoms with Crippen LogP contribution in [0.1, 0.15) is 46.5 Å². The molecule has 0 saturated heterocycles. The zero-order valence-electron chi connectivity index (χ0n) is 11.2. The molecule has 2 aliphatic carbocycles. The van der Waals surface area contributed by atoms with E-state index in [0.29, 0.717) is 0 Å². The average molecular weight is 236 g/mol. The van der Waals surface area contributed by atoms with Crippen LogP contribution in [0.2, 0.25) is 0 Å². The molecule has 0 aromatic rings. The van der Waals surface area contributed by atoms with Gasteiger partial charge in [-0.05, 0) is 42.1 Å². The van der Waals surface area contributed by atoms with Crippen molar-refractivity contribution in [3.8, 4) is 0 Å². The lowest BCUT2D eigenvalue weighted by atomic mass is 9.62. The molecule has 2 N–H and O–H groups in total. The average Bonchev–Trinajstić information content (AvgIpc) is 2.54. The maximum absolute atomic E-state index is 10.1. The van der Waals surface area contributed by atoms with Crippen LogP contribution in [-0.2, 0) is 0 Å². The Morgan fingerprint density at radius 2 is 1.94 bits per heavy atom. The van der Waals surface area contributed by atoms with Crippen molar-refractivity contribution < 1.29 is 10.2 Å². The SMILES string of the molecule is CC1(C2=CCC(CO)=CC2)CCC(O)C1(C)C. The summed E-state index contributed by atoms with van der Waals surface area (Å²) in [6, 6.07) is 0. The Hall–Kier alpha value is -0.600. The van der Waals surface area contributed by atoms with Gasteiger partial charge < -0.3 is 10.2 Å². The van der Waals surface area contributed by atoms with Crippen molar-refractivity contribution in [3.05, 3.63) is 23.3 Å². The van der Waals surface area contributed by atoms with E-state index in [9.17, 15) is 5.11 Å². The molecule has 0 bridgehead atoms. The van der Waals surface area contributed by atoms with Crippen LogP contribution >= 0.6 is 0 Å². The number of aliphatic hydroxyl groups is 2. The summed E-state index contributed by atoms with van der Waals surface area (Å²) in [5.41, 5.74) is 2.61. The van der Waals surface area contributed by atoms with E-state index in [1.165, 1.54) is 5.57 Å². The summed E-state index contributed by atoms with van der Waals surface area (Å²) in [6.45, 7) is 6.81. The summed E-state index contributed by atoms with van der Waals surface area (Å²) in [4.78, 5) is 0. The third kappa shape index (κ3) is 1.88. The number of hydrogen-bond acceptors (Lipinski definition) is 2. The predicted octanol–water partition coefficient (Wildman–Crippen LogP) is 2.81. The molecule has 0 radical (unpaired) electrons. The van der Waals surface area contributed by atoms with Crippen LogP contribution in [-0.4, -0.2) is 22.9 Å². The topological polar surface area (TPSA) is 40.5 Å². The van der Waals surface area contributed by atoms with Crippen LogP contribution in [0.25, 0.3) is 0 Å². The zero-order valence-corrected chi connectivity index (χ0v) is 11.2. The van der Waals surface area contributed by atoms with E-state index < -0.39 is 0 Å². The van der Waals surface area contributed by atoms with E-state index >= 15 is 0 Å². The van der Waals surface area contributed by atoms with E-state index in [4.69, 9.17) is 5.11 Å². The summed E-state index contributed by atoms with van der Waals surface area (Å²) in [7, 11) is 0. The standard InChI is InChI=1S/C15H24O2/c1-14(2)13(17)8-9-15(14,3)12-6-4-11(10-16)5-7-12/h4,7,13,16-17H,5-6,8-10H2,1-3H3. The quantitative estimate of drug-likeness (QED) is 0.724. The number of rotatable bonds is 2. The maximum atomic E-state index is 10.1. The van der Waals surface area contributed by atoms with Gasteiger partial charge in [-0.15, -0.1) is 0 Å². The predicted molar refractivity (Wildman–Crippen MR) is 69.6 cm³/mol. The summed E-state index contributed by atoms with van der Waals surface area (Å²) < 4.78 is 0. The maximum Gasteiger partial charge on any atom is 0.0644 e. The van der Waals surface area contributed by atoms with Crippen molar-refractivity contribution in [3.63, 3.8) is 0 Å². The minimum absolute atomic E-state index is 0.0522. The molecule has 17 heavy (non-hydrogen) atoms. The second-order valence-corrected chi connectivity index (χ2v) is 6.27. The first-order valence-electron chi connectivity index (χ1n) is 6.58. The Bertz CT molecular complexity index is 365. The largest absolute Gasteiger partial charge is 0.393 e. The van der Waals surface area contributed by atoms with Gasteiger partial charge in [-0.25, -0.2) is 0 Å². The van der Waals surface area contributed by atoms with Crippen molar-refractivity contribution in [2.24, 2.45) is 10.8 Å². The van der Waals surface area contributed by atoms with Crippen LogP contribution in [0, 0.1) is 10.8 Å². The lowest BCUT2D eigenvalue weighted by Crippen LogP contribution is -2.38. The van der Waals surface area contributed by atoms with Crippen molar-refractivity contribution in [1.82, 2.24) is 0 Å². The third-order valence-electron chi connectivity index (χ3n) is 5.31. The molecule has 2 rings (SSSR count). The van der Waals surface area contributed by atoms with Gasteiger partial charge in [0, 0.05) is 0 Å². The molecule has 0 aromatic carbocycles. The molecule has 0 aliphatic heterocycles. The Morgan fingerprint density at radius 3 is 2.35 bits per heavy atom. The molecule has 2 atom stereocenters. The summed E-state index contributed by atoms with van der Waals surface area (Å²) in [6.07, 6.45) is 7.99. The first-order chi connectivity index (χ1) is 7.91. The van der Waals surface area contributed by atoms with Crippen molar-refractivity contribution in [2.45, 2.75) is 52.6 Å². The second-order valence-electron chi connectivity index (χ2n) is 6.27. The van der Waals surface area contributed by atoms with Gasteiger partial charge in [0.15, 0.2) is 0 Å². The first kappa shape index (κ1) is 12.8. The number of hydrogen-bond donors (Lipinski definition) is 2. The Kier molecular flexibility index (Phi) is 3.21. The summed E-state index contributed by atoms with van der Waals surface area (Å²) in [5, 5.41) is 19.3. The molecule has 0 spiro atoms. The lowest BCUT2D eigenvalue weighted by Gasteiger charge is -2.43. The number of allylic oxidation sites excluding steroid dienone is 3. The highest BCUT2D eigenvalue weighted by Crippen LogP contribution is 2.57. The third-order valence-corrected chi connectivity index (χ3v) is 5.31. The van der Waals surface area contributed by atoms with Crippen LogP contribution in [0.3, 0.4) is 0 Å². The van der Waals surface area contributed by atoms with E-state index in [-0.39, 0.29) is 23.5 Å². The zero-order chi connectivity index (χ0) is 12.7. The molecule has 96 valence electrons. The van der Waals surface area contributed by atoms with E-state index in [0.717, 1.165) is 31.3 Å². The summed E-state index contributed by atoms with van der Waals surface area (Å²) >= 11 is 0. The highest BCUT2D eigenvalue weighted by Gasteiger charge is 2.52. The van der Waals surface area contributed by atoms with Crippen LogP contribution < -0.4 is 0 Å². The van der Waals surface area contributed by atoms with Crippen molar-refractivity contribution in [2.75, 3.05) is 6.61 Å². The van der Waals surface area contributed by atoms with Crippen LogP contribution in [0.4, 0.5) is 0 Å². The molecule has 2 unspecified atom stereocenters. The fraction of sp³-hybridized carbons (Fsp3) is 0.733. The van der Waals surface area contributed by atoms with E-state index in [1.54, 1.807) is 0 Å². The van der Waals surface area contributed by atoms with Crippen LogP contribution in [0.5, 0.6) is 0 Å². The molecule has 1 fully saturated rings. The molecule has 0 aromatic heterocycles. The molecule has 2 aliphatic rings. The monoisotopic (exact) mass is 236 g/mol. The molecular formula is C15H24O2. The molecule has 1 saturated carbocycles. The molecule has 2 nitrogen and oxygen atoms in total. The van der Waals surface area contributed by atoms with Gasteiger partial charge >= 0.3 is 0 Å². The van der Waals surface area contributed by atoms with E-state index in [1.807, 2.05) is 0 Å². The molecule has 0 amide bonds. The fourth-order valence-corrected chi connectivity index (χ4v) is 3.31. The minimum atomic E-state index is -0.198. The van der Waals surface area contributed by atoms with Gasteiger partial charge in [0.25, 0.3) is 0 Å². The van der Waals surface area contributed by atoms with E-state index in [2.05, 4.69) is 32.9 Å². The Balaban J connectivity index is 2.22. The number of aliphatic hydroxyl groups excluding tert-OH is 2. The lowest BCUT2D eigenvalue weighted by molar-refractivity contribution is 0.0279. The molecule has 0 heterocycles. The van der Waals surface area contributed by atoms with Gasteiger partial charge in [0.1, 0.15) is 0 Å². The van der Waals surface area contributed by atoms with Crippen molar-refractivity contribution in [1.29, 1.82) is 0 Å². The van der Waals surface area contributed by atoms with Gasteiger partial charge in [-0.2, -0.15) is 0 Å². The normalized spacial score (nSPS) is 36.6. The van der Waals surface area contributed by atoms with Gasteiger partial charge in [0.05, 0.1) is 12.7 Å². The first-order valence-corrected chi connectivity index (χ1v) is 6.58. The van der Waals surface area contributed by atoms with Crippen LogP contribution in [0.15, 0.2) is 23.3 Å². The van der Waals surface area contributed by atoms with Gasteiger partial charge in [-0.1, -0.05) is 38.5 Å². The van der Waals surface area contributed by atoms with Gasteiger partial charge in [0.2, 0.25) is 0 Å². The minimum Gasteiger partial charge on any atom is -0.393 e. The fourth-order valence-electron chi connectivity index (χ4n) is 3.31. The van der Waals surface area contributed by atoms with Gasteiger partial charge in [-0.3, -0.25) is 0 Å².